The number of rotatable bonds is 6. The van der Waals surface area contributed by atoms with Crippen LogP contribution in [0, 0.1) is 6.57 Å². The SMILES string of the molecule is [C-]#[N+][C@H]1C(=O)N2[C@@H]1SC(C)(C)[C@]2(CC(=O)c1ccccc1)C(=O)OCc1ccccc1. The summed E-state index contributed by atoms with van der Waals surface area (Å²) in [6.45, 7) is 11.1. The maximum atomic E-state index is 13.6. The summed E-state index contributed by atoms with van der Waals surface area (Å²) in [5, 5.41) is -0.465. The molecule has 2 aliphatic heterocycles. The Labute approximate surface area is 185 Å². The third-order valence-corrected chi connectivity index (χ3v) is 7.68. The molecule has 0 bridgehead atoms. The average molecular weight is 435 g/mol. The number of carbonyl (C=O) groups is 3. The van der Waals surface area contributed by atoms with E-state index in [-0.39, 0.29) is 18.8 Å². The van der Waals surface area contributed by atoms with Gasteiger partial charge in [0.2, 0.25) is 0 Å². The number of esters is 1. The average Bonchev–Trinajstić information content (AvgIpc) is 2.98. The molecule has 0 unspecified atom stereocenters. The number of benzene rings is 2. The van der Waals surface area contributed by atoms with Crippen LogP contribution in [0.1, 0.15) is 36.2 Å². The number of nitrogens with zero attached hydrogens (tertiary/aromatic N) is 2. The second-order valence-electron chi connectivity index (χ2n) is 8.19. The van der Waals surface area contributed by atoms with Gasteiger partial charge in [-0.15, -0.1) is 11.8 Å². The molecule has 2 aliphatic rings. The fourth-order valence-corrected chi connectivity index (χ4v) is 6.04. The van der Waals surface area contributed by atoms with Gasteiger partial charge in [0.25, 0.3) is 0 Å². The highest BCUT2D eigenvalue weighted by Crippen LogP contribution is 2.59. The predicted octanol–water partition coefficient (Wildman–Crippen LogP) is 3.72. The van der Waals surface area contributed by atoms with E-state index in [4.69, 9.17) is 11.3 Å². The smallest absolute Gasteiger partial charge is 0.334 e. The maximum Gasteiger partial charge on any atom is 0.334 e. The summed E-state index contributed by atoms with van der Waals surface area (Å²) in [5.41, 5.74) is -0.200. The van der Waals surface area contributed by atoms with E-state index in [0.717, 1.165) is 5.56 Å². The van der Waals surface area contributed by atoms with Crippen molar-refractivity contribution in [1.29, 1.82) is 0 Å². The first-order valence-corrected chi connectivity index (χ1v) is 10.9. The molecule has 0 aromatic heterocycles. The number of thioether (sulfide) groups is 1. The number of amides is 1. The highest BCUT2D eigenvalue weighted by Gasteiger charge is 2.76. The molecule has 7 heteroatoms. The van der Waals surface area contributed by atoms with E-state index in [9.17, 15) is 14.4 Å². The van der Waals surface area contributed by atoms with Crippen LogP contribution >= 0.6 is 11.8 Å². The minimum absolute atomic E-state index is 0.0423. The number of β-lactam (4-membered cyclic amide) rings is 1. The van der Waals surface area contributed by atoms with Crippen LogP contribution in [0.2, 0.25) is 0 Å². The largest absolute Gasteiger partial charge is 0.459 e. The van der Waals surface area contributed by atoms with Gasteiger partial charge in [-0.1, -0.05) is 60.7 Å². The Morgan fingerprint density at radius 1 is 1.10 bits per heavy atom. The molecule has 2 aromatic rings. The summed E-state index contributed by atoms with van der Waals surface area (Å²) in [4.78, 5) is 44.5. The zero-order valence-electron chi connectivity index (χ0n) is 17.3. The Hall–Kier alpha value is -3.11. The first-order chi connectivity index (χ1) is 14.8. The van der Waals surface area contributed by atoms with Crippen LogP contribution in [-0.4, -0.2) is 44.3 Å². The zero-order valence-corrected chi connectivity index (χ0v) is 18.1. The zero-order chi connectivity index (χ0) is 22.2. The van der Waals surface area contributed by atoms with E-state index in [0.29, 0.717) is 5.56 Å². The number of ketones is 1. The molecular formula is C24H22N2O4S. The number of Topliss-reactive ketones (excluding diaryl/α,β-unsaturated/α-hetero) is 1. The molecule has 1 amide bonds. The van der Waals surface area contributed by atoms with Gasteiger partial charge in [0.15, 0.2) is 16.7 Å². The third-order valence-electron chi connectivity index (χ3n) is 6.04. The number of fused-ring (bicyclic) bond motifs is 1. The van der Waals surface area contributed by atoms with Gasteiger partial charge < -0.3 is 4.74 Å². The molecule has 6 nitrogen and oxygen atoms in total. The van der Waals surface area contributed by atoms with Gasteiger partial charge in [0.1, 0.15) is 6.61 Å². The Kier molecular flexibility index (Phi) is 5.36. The standard InChI is InChI=1S/C24H22N2O4S/c1-23(2)24(14-18(27)17-12-8-5-9-13-17,26-20(28)19(25-3)21(26)31-23)22(29)30-15-16-10-6-4-7-11-16/h4-13,19,21H,14-15H2,1-2H3/t19-,21+,24-/m0/s1. The van der Waals surface area contributed by atoms with Crippen LogP contribution in [0.15, 0.2) is 60.7 Å². The topological polar surface area (TPSA) is 68.0 Å². The van der Waals surface area contributed by atoms with Gasteiger partial charge in [-0.3, -0.25) is 19.3 Å². The van der Waals surface area contributed by atoms with E-state index >= 15 is 0 Å². The van der Waals surface area contributed by atoms with Crippen molar-refractivity contribution in [2.75, 3.05) is 0 Å². The quantitative estimate of drug-likeness (QED) is 0.300. The molecule has 0 saturated carbocycles. The molecule has 158 valence electrons. The van der Waals surface area contributed by atoms with Gasteiger partial charge in [-0.05, 0) is 19.4 Å². The maximum absolute atomic E-state index is 13.6. The van der Waals surface area contributed by atoms with Gasteiger partial charge >= 0.3 is 17.9 Å². The lowest BCUT2D eigenvalue weighted by Crippen LogP contribution is -2.72. The minimum atomic E-state index is -1.48. The summed E-state index contributed by atoms with van der Waals surface area (Å²) in [7, 11) is 0. The van der Waals surface area contributed by atoms with Crippen molar-refractivity contribution in [1.82, 2.24) is 4.90 Å². The molecule has 2 aromatic carbocycles. The van der Waals surface area contributed by atoms with Gasteiger partial charge in [0, 0.05) is 16.7 Å². The number of hydrogen-bond acceptors (Lipinski definition) is 5. The summed E-state index contributed by atoms with van der Waals surface area (Å²) in [6, 6.07) is 17.1. The summed E-state index contributed by atoms with van der Waals surface area (Å²) >= 11 is 1.39. The normalized spacial score (nSPS) is 25.8. The number of hydrogen-bond donors (Lipinski definition) is 0. The van der Waals surface area contributed by atoms with E-state index < -0.39 is 33.6 Å². The van der Waals surface area contributed by atoms with E-state index in [1.54, 1.807) is 24.3 Å². The molecule has 2 fully saturated rings. The molecule has 0 radical (unpaired) electrons. The lowest BCUT2D eigenvalue weighted by atomic mass is 9.76. The van der Waals surface area contributed by atoms with Gasteiger partial charge in [-0.25, -0.2) is 11.4 Å². The predicted molar refractivity (Wildman–Crippen MR) is 117 cm³/mol. The van der Waals surface area contributed by atoms with Crippen LogP contribution in [0.5, 0.6) is 0 Å². The fraction of sp³-hybridized carbons (Fsp3) is 0.333. The van der Waals surface area contributed by atoms with Crippen molar-refractivity contribution in [2.24, 2.45) is 0 Å². The van der Waals surface area contributed by atoms with Crippen molar-refractivity contribution in [3.8, 4) is 0 Å². The van der Waals surface area contributed by atoms with E-state index in [2.05, 4.69) is 4.85 Å². The molecule has 31 heavy (non-hydrogen) atoms. The van der Waals surface area contributed by atoms with Gasteiger partial charge in [0.05, 0.1) is 0 Å². The lowest BCUT2D eigenvalue weighted by molar-refractivity contribution is -0.173. The first kappa shape index (κ1) is 21.1. The molecule has 3 atom stereocenters. The first-order valence-electron chi connectivity index (χ1n) is 9.99. The minimum Gasteiger partial charge on any atom is -0.459 e. The Bertz CT molecular complexity index is 1060. The Balaban J connectivity index is 1.70. The van der Waals surface area contributed by atoms with E-state index in [1.165, 1.54) is 16.7 Å². The van der Waals surface area contributed by atoms with Crippen molar-refractivity contribution in [3.63, 3.8) is 0 Å². The van der Waals surface area contributed by atoms with Crippen molar-refractivity contribution < 1.29 is 19.1 Å². The van der Waals surface area contributed by atoms with Crippen LogP contribution < -0.4 is 0 Å². The van der Waals surface area contributed by atoms with Crippen molar-refractivity contribution in [3.05, 3.63) is 83.2 Å². The Morgan fingerprint density at radius 3 is 2.32 bits per heavy atom. The highest BCUT2D eigenvalue weighted by atomic mass is 32.2. The molecule has 0 aliphatic carbocycles. The summed E-state index contributed by atoms with van der Waals surface area (Å²) in [6.07, 6.45) is -0.197. The summed E-state index contributed by atoms with van der Waals surface area (Å²) < 4.78 is 4.87. The van der Waals surface area contributed by atoms with Crippen LogP contribution in [-0.2, 0) is 20.9 Å². The van der Waals surface area contributed by atoms with Crippen LogP contribution in [0.4, 0.5) is 0 Å². The molecular weight excluding hydrogens is 412 g/mol. The second kappa shape index (κ2) is 7.86. The number of ether oxygens (including phenoxy) is 1. The molecule has 0 spiro atoms. The van der Waals surface area contributed by atoms with Gasteiger partial charge in [-0.2, -0.15) is 0 Å². The lowest BCUT2D eigenvalue weighted by Gasteiger charge is -2.46. The van der Waals surface area contributed by atoms with Crippen LogP contribution in [0.3, 0.4) is 0 Å². The highest BCUT2D eigenvalue weighted by molar-refractivity contribution is 8.01. The third kappa shape index (κ3) is 3.31. The molecule has 2 saturated heterocycles. The Morgan fingerprint density at radius 2 is 1.71 bits per heavy atom. The van der Waals surface area contributed by atoms with Crippen LogP contribution in [0.25, 0.3) is 4.85 Å². The second-order valence-corrected chi connectivity index (χ2v) is 9.93. The molecule has 2 heterocycles. The summed E-state index contributed by atoms with van der Waals surface area (Å²) in [5.74, 6) is -1.28. The fourth-order valence-electron chi connectivity index (χ4n) is 4.30. The molecule has 0 N–H and O–H groups in total. The number of carbonyl (C=O) groups excluding carboxylic acids is 3. The molecule has 4 rings (SSSR count). The van der Waals surface area contributed by atoms with E-state index in [1.807, 2.05) is 50.2 Å². The monoisotopic (exact) mass is 434 g/mol. The van der Waals surface area contributed by atoms with Crippen molar-refractivity contribution >= 4 is 29.4 Å². The van der Waals surface area contributed by atoms with Crippen molar-refractivity contribution in [2.45, 2.75) is 48.6 Å².